The number of rotatable bonds is 4. The molecule has 0 aromatic heterocycles. The van der Waals surface area contributed by atoms with E-state index in [4.69, 9.17) is 0 Å². The fourth-order valence-corrected chi connectivity index (χ4v) is 0.506. The smallest absolute Gasteiger partial charge is 0.201 e. The average Bonchev–Trinajstić information content (AvgIpc) is 1.68. The molecule has 0 saturated heterocycles. The third-order valence-corrected chi connectivity index (χ3v) is 0.907. The van der Waals surface area contributed by atoms with E-state index in [1.54, 1.807) is 0 Å². The quantitative estimate of drug-likeness (QED) is 0.547. The van der Waals surface area contributed by atoms with Gasteiger partial charge in [-0.2, -0.15) is 0 Å². The molecule has 0 spiro atoms. The van der Waals surface area contributed by atoms with Gasteiger partial charge in [-0.05, 0) is 6.42 Å². The van der Waals surface area contributed by atoms with Crippen LogP contribution in [0.15, 0.2) is 0 Å². The molecule has 0 aromatic rings. The van der Waals surface area contributed by atoms with Crippen LogP contribution >= 0.6 is 0 Å². The van der Waals surface area contributed by atoms with E-state index in [0.29, 0.717) is 6.42 Å². The zero-order chi connectivity index (χ0) is 6.41. The first kappa shape index (κ1) is 7.60. The van der Waals surface area contributed by atoms with Crippen LogP contribution in [-0.2, 0) is 4.79 Å². The van der Waals surface area contributed by atoms with Crippen molar-refractivity contribution in [3.05, 3.63) is 0 Å². The van der Waals surface area contributed by atoms with Gasteiger partial charge in [0.1, 0.15) is 6.17 Å². The van der Waals surface area contributed by atoms with Crippen LogP contribution in [0, 0.1) is 0 Å². The Bertz CT molecular complexity index is 63.5. The summed E-state index contributed by atoms with van der Waals surface area (Å²) in [5.74, 6) is 0. The highest BCUT2D eigenvalue weighted by Gasteiger charge is 2.01. The highest BCUT2D eigenvalue weighted by Crippen LogP contribution is 2.02. The Morgan fingerprint density at radius 2 is 2.38 bits per heavy atom. The largest absolute Gasteiger partial charge is 0.291 e. The van der Waals surface area contributed by atoms with E-state index >= 15 is 0 Å². The minimum Gasteiger partial charge on any atom is -0.291 e. The van der Waals surface area contributed by atoms with Gasteiger partial charge in [0, 0.05) is 6.42 Å². The van der Waals surface area contributed by atoms with E-state index < -0.39 is 6.17 Å². The summed E-state index contributed by atoms with van der Waals surface area (Å²) in [7, 11) is 0. The molecule has 0 amide bonds. The molecule has 1 nitrogen and oxygen atoms in total. The van der Waals surface area contributed by atoms with Crippen molar-refractivity contribution >= 4 is 6.29 Å². The standard InChI is InChI=1S/C6H10FO/c1-2-3-6(7)4-5-8/h6H,2-4H2,1H3. The second-order valence-electron chi connectivity index (χ2n) is 1.73. The van der Waals surface area contributed by atoms with E-state index in [2.05, 4.69) is 0 Å². The Hall–Kier alpha value is -0.400. The van der Waals surface area contributed by atoms with Gasteiger partial charge >= 0.3 is 0 Å². The predicted molar refractivity (Wildman–Crippen MR) is 30.1 cm³/mol. The average molecular weight is 117 g/mol. The van der Waals surface area contributed by atoms with Crippen molar-refractivity contribution in [3.63, 3.8) is 0 Å². The minimum atomic E-state index is -0.961. The molecule has 1 unspecified atom stereocenters. The Morgan fingerprint density at radius 3 is 2.75 bits per heavy atom. The number of hydrogen-bond acceptors (Lipinski definition) is 1. The zero-order valence-electron chi connectivity index (χ0n) is 4.98. The first-order valence-electron chi connectivity index (χ1n) is 2.80. The molecule has 0 aliphatic carbocycles. The van der Waals surface area contributed by atoms with Crippen LogP contribution in [0.3, 0.4) is 0 Å². The van der Waals surface area contributed by atoms with E-state index in [1.807, 2.05) is 6.92 Å². The molecule has 0 bridgehead atoms. The van der Waals surface area contributed by atoms with Gasteiger partial charge in [-0.25, -0.2) is 4.39 Å². The van der Waals surface area contributed by atoms with Gasteiger partial charge < -0.3 is 0 Å². The second-order valence-corrected chi connectivity index (χ2v) is 1.73. The summed E-state index contributed by atoms with van der Waals surface area (Å²) < 4.78 is 12.1. The first-order chi connectivity index (χ1) is 3.81. The molecular formula is C6H10FO. The molecule has 0 fully saturated rings. The minimum absolute atomic E-state index is 0.0617. The van der Waals surface area contributed by atoms with Crippen molar-refractivity contribution in [1.82, 2.24) is 0 Å². The van der Waals surface area contributed by atoms with E-state index in [-0.39, 0.29) is 6.42 Å². The van der Waals surface area contributed by atoms with Crippen LogP contribution in [0.5, 0.6) is 0 Å². The lowest BCUT2D eigenvalue weighted by molar-refractivity contribution is 0.317. The summed E-state index contributed by atoms with van der Waals surface area (Å²) in [6.45, 7) is 1.89. The molecule has 0 heterocycles. The SMILES string of the molecule is CCCC(F)C[C]=O. The summed E-state index contributed by atoms with van der Waals surface area (Å²) >= 11 is 0. The van der Waals surface area contributed by atoms with Crippen molar-refractivity contribution < 1.29 is 9.18 Å². The fraction of sp³-hybridized carbons (Fsp3) is 0.833. The van der Waals surface area contributed by atoms with Crippen molar-refractivity contribution in [2.75, 3.05) is 0 Å². The van der Waals surface area contributed by atoms with E-state index in [0.717, 1.165) is 6.42 Å². The van der Waals surface area contributed by atoms with Crippen LogP contribution in [0.4, 0.5) is 4.39 Å². The topological polar surface area (TPSA) is 17.1 Å². The summed E-state index contributed by atoms with van der Waals surface area (Å²) in [4.78, 5) is 9.53. The summed E-state index contributed by atoms with van der Waals surface area (Å²) in [5, 5.41) is 0. The molecule has 0 saturated carbocycles. The van der Waals surface area contributed by atoms with E-state index in [1.165, 1.54) is 6.29 Å². The Balaban J connectivity index is 3.03. The van der Waals surface area contributed by atoms with E-state index in [9.17, 15) is 9.18 Å². The number of alkyl halides is 1. The van der Waals surface area contributed by atoms with Gasteiger partial charge in [0.25, 0.3) is 0 Å². The van der Waals surface area contributed by atoms with Gasteiger partial charge in [-0.3, -0.25) is 4.79 Å². The fourth-order valence-electron chi connectivity index (χ4n) is 0.506. The first-order valence-corrected chi connectivity index (χ1v) is 2.80. The van der Waals surface area contributed by atoms with Crippen molar-refractivity contribution in [1.29, 1.82) is 0 Å². The molecule has 0 aliphatic rings. The third-order valence-electron chi connectivity index (χ3n) is 0.907. The molecule has 1 radical (unpaired) electrons. The molecule has 2 heteroatoms. The van der Waals surface area contributed by atoms with Gasteiger partial charge in [-0.15, -0.1) is 0 Å². The molecule has 0 aromatic carbocycles. The molecule has 8 heavy (non-hydrogen) atoms. The van der Waals surface area contributed by atoms with Gasteiger partial charge in [0.15, 0.2) is 0 Å². The number of halogens is 1. The van der Waals surface area contributed by atoms with Crippen LogP contribution in [0.2, 0.25) is 0 Å². The Kier molecular flexibility index (Phi) is 4.51. The third kappa shape index (κ3) is 3.78. The normalized spacial score (nSPS) is 13.2. The van der Waals surface area contributed by atoms with Crippen molar-refractivity contribution in [3.8, 4) is 0 Å². The van der Waals surface area contributed by atoms with Crippen molar-refractivity contribution in [2.45, 2.75) is 32.4 Å². The molecule has 47 valence electrons. The van der Waals surface area contributed by atoms with Gasteiger partial charge in [-0.1, -0.05) is 13.3 Å². The van der Waals surface area contributed by atoms with Crippen LogP contribution < -0.4 is 0 Å². The Labute approximate surface area is 48.9 Å². The van der Waals surface area contributed by atoms with Crippen LogP contribution in [0.25, 0.3) is 0 Å². The number of carbonyl (C=O) groups excluding carboxylic acids is 1. The molecular weight excluding hydrogens is 107 g/mol. The highest BCUT2D eigenvalue weighted by molar-refractivity contribution is 5.51. The lowest BCUT2D eigenvalue weighted by Crippen LogP contribution is -1.98. The molecule has 1 atom stereocenters. The molecule has 0 aliphatic heterocycles. The maximum atomic E-state index is 12.1. The monoisotopic (exact) mass is 117 g/mol. The summed E-state index contributed by atoms with van der Waals surface area (Å²) in [6, 6.07) is 0. The van der Waals surface area contributed by atoms with Gasteiger partial charge in [0.05, 0.1) is 0 Å². The van der Waals surface area contributed by atoms with Gasteiger partial charge in [0.2, 0.25) is 6.29 Å². The summed E-state index contributed by atoms with van der Waals surface area (Å²) in [5.41, 5.74) is 0. The zero-order valence-corrected chi connectivity index (χ0v) is 4.98. The van der Waals surface area contributed by atoms with Crippen LogP contribution in [-0.4, -0.2) is 12.5 Å². The maximum absolute atomic E-state index is 12.1. The van der Waals surface area contributed by atoms with Crippen molar-refractivity contribution in [2.24, 2.45) is 0 Å². The maximum Gasteiger partial charge on any atom is 0.201 e. The lowest BCUT2D eigenvalue weighted by atomic mass is 10.2. The lowest BCUT2D eigenvalue weighted by Gasteiger charge is -1.97. The second kappa shape index (κ2) is 4.75. The number of hydrogen-bond donors (Lipinski definition) is 0. The molecule has 0 N–H and O–H groups in total. The van der Waals surface area contributed by atoms with Crippen LogP contribution in [0.1, 0.15) is 26.2 Å². The Morgan fingerprint density at radius 1 is 1.75 bits per heavy atom. The highest BCUT2D eigenvalue weighted by atomic mass is 19.1. The summed E-state index contributed by atoms with van der Waals surface area (Å²) in [6.07, 6.45) is 1.78. The molecule has 0 rings (SSSR count). The predicted octanol–water partition coefficient (Wildman–Crippen LogP) is 1.62.